The minimum atomic E-state index is 0.112. The first kappa shape index (κ1) is 15.9. The zero-order chi connectivity index (χ0) is 16.4. The summed E-state index contributed by atoms with van der Waals surface area (Å²) in [6.07, 6.45) is 10.6. The van der Waals surface area contributed by atoms with Crippen molar-refractivity contribution >= 4 is 5.91 Å². The highest BCUT2D eigenvalue weighted by atomic mass is 16.5. The molecule has 0 aromatic carbocycles. The molecule has 0 atom stereocenters. The number of rotatable bonds is 4. The molecule has 5 heteroatoms. The lowest BCUT2D eigenvalue weighted by Gasteiger charge is -2.34. The molecule has 2 saturated carbocycles. The fraction of sp³-hybridized carbons (Fsp3) is 0.684. The monoisotopic (exact) mass is 329 g/mol. The number of pyridine rings is 1. The van der Waals surface area contributed by atoms with Gasteiger partial charge < -0.3 is 9.64 Å². The number of piperazine rings is 1. The van der Waals surface area contributed by atoms with Crippen LogP contribution < -0.4 is 4.74 Å². The molecule has 3 aliphatic rings. The Morgan fingerprint density at radius 2 is 1.79 bits per heavy atom. The maximum absolute atomic E-state index is 12.8. The highest BCUT2D eigenvalue weighted by Gasteiger charge is 2.32. The molecule has 2 aliphatic carbocycles. The number of aromatic nitrogens is 1. The van der Waals surface area contributed by atoms with Crippen LogP contribution in [0.4, 0.5) is 0 Å². The SMILES string of the molecule is O=C(c1ccnc(OC2CCCCC2)c1)N1CCN(C2CC2)CC1. The molecule has 1 aromatic heterocycles. The molecule has 5 nitrogen and oxygen atoms in total. The number of amides is 1. The van der Waals surface area contributed by atoms with E-state index in [4.69, 9.17) is 4.74 Å². The van der Waals surface area contributed by atoms with Gasteiger partial charge in [-0.05, 0) is 44.6 Å². The van der Waals surface area contributed by atoms with E-state index >= 15 is 0 Å². The zero-order valence-electron chi connectivity index (χ0n) is 14.3. The van der Waals surface area contributed by atoms with Crippen LogP contribution in [0.15, 0.2) is 18.3 Å². The van der Waals surface area contributed by atoms with Gasteiger partial charge in [-0.3, -0.25) is 9.69 Å². The number of ether oxygens (including phenoxy) is 1. The Bertz CT molecular complexity index is 574. The van der Waals surface area contributed by atoms with Crippen LogP contribution in [0.3, 0.4) is 0 Å². The Morgan fingerprint density at radius 1 is 1.04 bits per heavy atom. The maximum Gasteiger partial charge on any atom is 0.254 e. The Morgan fingerprint density at radius 3 is 2.50 bits per heavy atom. The van der Waals surface area contributed by atoms with Gasteiger partial charge in [0.2, 0.25) is 5.88 Å². The largest absolute Gasteiger partial charge is 0.474 e. The lowest BCUT2D eigenvalue weighted by atomic mass is 9.98. The molecule has 1 aliphatic heterocycles. The summed E-state index contributed by atoms with van der Waals surface area (Å²) in [4.78, 5) is 21.6. The third-order valence-electron chi connectivity index (χ3n) is 5.49. The number of hydrogen-bond acceptors (Lipinski definition) is 4. The molecular weight excluding hydrogens is 302 g/mol. The standard InChI is InChI=1S/C19H27N3O2/c23-19(22-12-10-21(11-13-22)16-6-7-16)15-8-9-20-18(14-15)24-17-4-2-1-3-5-17/h8-9,14,16-17H,1-7,10-13H2. The van der Waals surface area contributed by atoms with Crippen LogP contribution in [0.2, 0.25) is 0 Å². The van der Waals surface area contributed by atoms with E-state index in [2.05, 4.69) is 9.88 Å². The molecule has 0 radical (unpaired) electrons. The maximum atomic E-state index is 12.8. The molecule has 0 unspecified atom stereocenters. The van der Waals surface area contributed by atoms with Crippen LogP contribution in [-0.2, 0) is 0 Å². The Hall–Kier alpha value is -1.62. The molecule has 1 aromatic rings. The van der Waals surface area contributed by atoms with Crippen LogP contribution >= 0.6 is 0 Å². The van der Waals surface area contributed by atoms with Crippen molar-refractivity contribution in [3.8, 4) is 5.88 Å². The fourth-order valence-corrected chi connectivity index (χ4v) is 3.87. The summed E-state index contributed by atoms with van der Waals surface area (Å²) < 4.78 is 6.00. The van der Waals surface area contributed by atoms with E-state index in [1.807, 2.05) is 17.0 Å². The smallest absolute Gasteiger partial charge is 0.254 e. The normalized spacial score (nSPS) is 23.2. The molecule has 1 saturated heterocycles. The van der Waals surface area contributed by atoms with Gasteiger partial charge in [0.25, 0.3) is 5.91 Å². The molecule has 4 rings (SSSR count). The molecule has 0 bridgehead atoms. The van der Waals surface area contributed by atoms with E-state index in [-0.39, 0.29) is 12.0 Å². The first-order valence-corrected chi connectivity index (χ1v) is 9.45. The van der Waals surface area contributed by atoms with Crippen LogP contribution in [-0.4, -0.2) is 59.0 Å². The van der Waals surface area contributed by atoms with Crippen molar-refractivity contribution in [2.45, 2.75) is 57.1 Å². The minimum Gasteiger partial charge on any atom is -0.474 e. The molecule has 3 fully saturated rings. The summed E-state index contributed by atoms with van der Waals surface area (Å²) in [6.45, 7) is 3.67. The van der Waals surface area contributed by atoms with Crippen LogP contribution in [0.1, 0.15) is 55.3 Å². The molecular formula is C19H27N3O2. The quantitative estimate of drug-likeness (QED) is 0.852. The Labute approximate surface area is 144 Å². The highest BCUT2D eigenvalue weighted by molar-refractivity contribution is 5.94. The van der Waals surface area contributed by atoms with Gasteiger partial charge >= 0.3 is 0 Å². The van der Waals surface area contributed by atoms with Gasteiger partial charge in [-0.2, -0.15) is 0 Å². The second kappa shape index (κ2) is 7.09. The molecule has 130 valence electrons. The first-order chi connectivity index (χ1) is 11.8. The van der Waals surface area contributed by atoms with Crippen LogP contribution in [0.5, 0.6) is 5.88 Å². The number of nitrogens with zero attached hydrogens (tertiary/aromatic N) is 3. The van der Waals surface area contributed by atoms with Crippen molar-refractivity contribution < 1.29 is 9.53 Å². The Kier molecular flexibility index (Phi) is 4.69. The van der Waals surface area contributed by atoms with Crippen molar-refractivity contribution in [3.63, 3.8) is 0 Å². The summed E-state index contributed by atoms with van der Waals surface area (Å²) in [5.41, 5.74) is 0.704. The number of carbonyl (C=O) groups excluding carboxylic acids is 1. The lowest BCUT2D eigenvalue weighted by Crippen LogP contribution is -2.49. The zero-order valence-corrected chi connectivity index (χ0v) is 14.3. The third-order valence-corrected chi connectivity index (χ3v) is 5.49. The van der Waals surface area contributed by atoms with E-state index in [0.29, 0.717) is 11.4 Å². The summed E-state index contributed by atoms with van der Waals surface area (Å²) in [5.74, 6) is 0.714. The molecule has 24 heavy (non-hydrogen) atoms. The van der Waals surface area contributed by atoms with Gasteiger partial charge in [0.15, 0.2) is 0 Å². The van der Waals surface area contributed by atoms with Crippen molar-refractivity contribution in [1.29, 1.82) is 0 Å². The van der Waals surface area contributed by atoms with E-state index in [9.17, 15) is 4.79 Å². The molecule has 1 amide bonds. The van der Waals surface area contributed by atoms with Crippen molar-refractivity contribution in [3.05, 3.63) is 23.9 Å². The average Bonchev–Trinajstić information content (AvgIpc) is 3.48. The van der Waals surface area contributed by atoms with E-state index < -0.39 is 0 Å². The van der Waals surface area contributed by atoms with Gasteiger partial charge in [0, 0.05) is 50.0 Å². The van der Waals surface area contributed by atoms with Gasteiger partial charge in [-0.25, -0.2) is 4.98 Å². The fourth-order valence-electron chi connectivity index (χ4n) is 3.87. The molecule has 0 N–H and O–H groups in total. The van der Waals surface area contributed by atoms with Gasteiger partial charge in [-0.15, -0.1) is 0 Å². The van der Waals surface area contributed by atoms with Crippen LogP contribution in [0, 0.1) is 0 Å². The lowest BCUT2D eigenvalue weighted by molar-refractivity contribution is 0.0626. The second-order valence-electron chi connectivity index (χ2n) is 7.32. The van der Waals surface area contributed by atoms with Crippen LogP contribution in [0.25, 0.3) is 0 Å². The molecule has 2 heterocycles. The topological polar surface area (TPSA) is 45.7 Å². The predicted molar refractivity (Wildman–Crippen MR) is 92.2 cm³/mol. The van der Waals surface area contributed by atoms with E-state index in [0.717, 1.165) is 45.1 Å². The van der Waals surface area contributed by atoms with Crippen molar-refractivity contribution in [1.82, 2.24) is 14.8 Å². The van der Waals surface area contributed by atoms with E-state index in [1.165, 1.54) is 32.1 Å². The first-order valence-electron chi connectivity index (χ1n) is 9.45. The molecule has 0 spiro atoms. The number of carbonyl (C=O) groups is 1. The Balaban J connectivity index is 1.36. The summed E-state index contributed by atoms with van der Waals surface area (Å²) in [6, 6.07) is 4.42. The van der Waals surface area contributed by atoms with Crippen molar-refractivity contribution in [2.24, 2.45) is 0 Å². The highest BCUT2D eigenvalue weighted by Crippen LogP contribution is 2.28. The second-order valence-corrected chi connectivity index (χ2v) is 7.32. The van der Waals surface area contributed by atoms with E-state index in [1.54, 1.807) is 6.20 Å². The summed E-state index contributed by atoms with van der Waals surface area (Å²) >= 11 is 0. The summed E-state index contributed by atoms with van der Waals surface area (Å²) in [7, 11) is 0. The predicted octanol–water partition coefficient (Wildman–Crippen LogP) is 2.71. The third kappa shape index (κ3) is 3.72. The minimum absolute atomic E-state index is 0.112. The van der Waals surface area contributed by atoms with Crippen molar-refractivity contribution in [2.75, 3.05) is 26.2 Å². The van der Waals surface area contributed by atoms with Gasteiger partial charge in [0.1, 0.15) is 6.10 Å². The van der Waals surface area contributed by atoms with Gasteiger partial charge in [-0.1, -0.05) is 6.42 Å². The summed E-state index contributed by atoms with van der Waals surface area (Å²) in [5, 5.41) is 0. The average molecular weight is 329 g/mol. The number of hydrogen-bond donors (Lipinski definition) is 0. The van der Waals surface area contributed by atoms with Gasteiger partial charge in [0.05, 0.1) is 0 Å².